The zero-order valence-electron chi connectivity index (χ0n) is 17.4. The molecule has 0 aliphatic carbocycles. The van der Waals surface area contributed by atoms with Crippen LogP contribution in [0.1, 0.15) is 20.8 Å². The van der Waals surface area contributed by atoms with Crippen molar-refractivity contribution in [2.24, 2.45) is 0 Å². The fraction of sp³-hybridized carbons (Fsp3) is 0.286. The number of benzene rings is 2. The van der Waals surface area contributed by atoms with Crippen LogP contribution in [0.25, 0.3) is 10.1 Å². The summed E-state index contributed by atoms with van der Waals surface area (Å²) in [4.78, 5) is 25.7. The quantitative estimate of drug-likeness (QED) is 0.400. The number of carbonyl (C=O) groups excluding carboxylic acids is 1. The van der Waals surface area contributed by atoms with Gasteiger partial charge in [-0.1, -0.05) is 29.3 Å². The molecule has 0 N–H and O–H groups in total. The van der Waals surface area contributed by atoms with E-state index in [0.29, 0.717) is 20.5 Å². The fourth-order valence-corrected chi connectivity index (χ4v) is 6.95. The monoisotopic (exact) mass is 493 g/mol. The summed E-state index contributed by atoms with van der Waals surface area (Å²) in [5.41, 5.74) is 1.61. The predicted molar refractivity (Wildman–Crippen MR) is 124 cm³/mol. The molecule has 1 amide bonds. The topological polar surface area (TPSA) is 101 Å². The molecule has 0 unspecified atom stereocenters. The Morgan fingerprint density at radius 1 is 1.09 bits per heavy atom. The van der Waals surface area contributed by atoms with Gasteiger partial charge in [-0.15, -0.1) is 11.3 Å². The van der Waals surface area contributed by atoms with Crippen LogP contribution in [0.15, 0.2) is 41.3 Å². The maximum absolute atomic E-state index is 13.1. The minimum absolute atomic E-state index is 0.0698. The number of nitro groups is 1. The van der Waals surface area contributed by atoms with E-state index in [1.807, 2.05) is 13.0 Å². The van der Waals surface area contributed by atoms with Gasteiger partial charge >= 0.3 is 0 Å². The molecule has 1 fully saturated rings. The smallest absolute Gasteiger partial charge is 0.270 e. The van der Waals surface area contributed by atoms with Gasteiger partial charge in [-0.2, -0.15) is 4.31 Å². The van der Waals surface area contributed by atoms with Crippen LogP contribution < -0.4 is 0 Å². The maximum Gasteiger partial charge on any atom is 0.270 e. The highest BCUT2D eigenvalue weighted by molar-refractivity contribution is 7.89. The number of piperazine rings is 1. The summed E-state index contributed by atoms with van der Waals surface area (Å²) in [5, 5.41) is 11.9. The van der Waals surface area contributed by atoms with Crippen LogP contribution >= 0.6 is 22.9 Å². The summed E-state index contributed by atoms with van der Waals surface area (Å²) in [6.07, 6.45) is 0. The van der Waals surface area contributed by atoms with Gasteiger partial charge in [-0.3, -0.25) is 14.9 Å². The molecule has 32 heavy (non-hydrogen) atoms. The molecular weight excluding hydrogens is 474 g/mol. The molecule has 2 aromatic carbocycles. The Kier molecular flexibility index (Phi) is 5.97. The van der Waals surface area contributed by atoms with Gasteiger partial charge in [0.05, 0.1) is 14.8 Å². The predicted octanol–water partition coefficient (Wildman–Crippen LogP) is 4.23. The van der Waals surface area contributed by atoms with Crippen LogP contribution in [0.5, 0.6) is 0 Å². The summed E-state index contributed by atoms with van der Waals surface area (Å²) >= 11 is 7.51. The molecule has 1 aliphatic rings. The van der Waals surface area contributed by atoms with Crippen molar-refractivity contribution >= 4 is 54.6 Å². The molecule has 8 nitrogen and oxygen atoms in total. The second-order valence-corrected chi connectivity index (χ2v) is 11.0. The number of halogens is 1. The molecular formula is C21H20ClN3O5S2. The van der Waals surface area contributed by atoms with Crippen molar-refractivity contribution in [3.8, 4) is 0 Å². The molecule has 1 aliphatic heterocycles. The Labute approximate surface area is 194 Å². The number of aryl methyl sites for hydroxylation is 2. The average Bonchev–Trinajstić information content (AvgIpc) is 3.09. The van der Waals surface area contributed by atoms with Gasteiger partial charge in [0.25, 0.3) is 11.6 Å². The van der Waals surface area contributed by atoms with Crippen molar-refractivity contribution < 1.29 is 18.1 Å². The lowest BCUT2D eigenvalue weighted by atomic mass is 10.2. The molecule has 0 spiro atoms. The molecule has 0 saturated carbocycles. The van der Waals surface area contributed by atoms with Crippen LogP contribution in [-0.2, 0) is 10.0 Å². The van der Waals surface area contributed by atoms with Gasteiger partial charge in [0.1, 0.15) is 4.88 Å². The summed E-state index contributed by atoms with van der Waals surface area (Å²) < 4.78 is 28.1. The number of hydrogen-bond acceptors (Lipinski definition) is 6. The van der Waals surface area contributed by atoms with Gasteiger partial charge in [-0.05, 0) is 31.5 Å². The zero-order valence-corrected chi connectivity index (χ0v) is 19.8. The van der Waals surface area contributed by atoms with Crippen LogP contribution in [0.4, 0.5) is 5.69 Å². The Hall–Kier alpha value is -2.53. The molecule has 4 rings (SSSR count). The first kappa shape index (κ1) is 22.7. The van der Waals surface area contributed by atoms with E-state index in [2.05, 4.69) is 0 Å². The molecule has 11 heteroatoms. The second kappa shape index (κ2) is 8.43. The first-order chi connectivity index (χ1) is 15.1. The van der Waals surface area contributed by atoms with Crippen LogP contribution in [0.3, 0.4) is 0 Å². The number of nitrogens with zero attached hydrogens (tertiary/aromatic N) is 3. The highest BCUT2D eigenvalue weighted by Crippen LogP contribution is 2.38. The highest BCUT2D eigenvalue weighted by atomic mass is 35.5. The Bertz CT molecular complexity index is 1340. The Balaban J connectivity index is 1.52. The number of hydrogen-bond donors (Lipinski definition) is 0. The first-order valence-electron chi connectivity index (χ1n) is 9.82. The lowest BCUT2D eigenvalue weighted by Gasteiger charge is -2.34. The molecule has 1 aromatic heterocycles. The molecule has 168 valence electrons. The summed E-state index contributed by atoms with van der Waals surface area (Å²) in [6.45, 7) is 4.49. The first-order valence-corrected chi connectivity index (χ1v) is 12.5. The lowest BCUT2D eigenvalue weighted by molar-refractivity contribution is -0.384. The van der Waals surface area contributed by atoms with Crippen LogP contribution in [-0.4, -0.2) is 54.6 Å². The molecule has 1 saturated heterocycles. The summed E-state index contributed by atoms with van der Waals surface area (Å²) in [5.74, 6) is -0.303. The van der Waals surface area contributed by atoms with E-state index in [4.69, 9.17) is 11.6 Å². The normalized spacial score (nSPS) is 15.3. The van der Waals surface area contributed by atoms with E-state index < -0.39 is 14.9 Å². The van der Waals surface area contributed by atoms with Crippen molar-refractivity contribution in [2.75, 3.05) is 26.2 Å². The van der Waals surface area contributed by atoms with Crippen molar-refractivity contribution in [2.45, 2.75) is 18.7 Å². The zero-order chi connectivity index (χ0) is 23.2. The van der Waals surface area contributed by atoms with Crippen LogP contribution in [0, 0.1) is 24.0 Å². The van der Waals surface area contributed by atoms with Gasteiger partial charge < -0.3 is 4.90 Å². The number of thiophene rings is 1. The van der Waals surface area contributed by atoms with Gasteiger partial charge in [0.2, 0.25) is 10.0 Å². The van der Waals surface area contributed by atoms with Crippen LogP contribution in [0.2, 0.25) is 5.02 Å². The average molecular weight is 494 g/mol. The summed E-state index contributed by atoms with van der Waals surface area (Å²) in [7, 11) is -3.66. The van der Waals surface area contributed by atoms with Gasteiger partial charge in [-0.25, -0.2) is 8.42 Å². The minimum atomic E-state index is -3.66. The van der Waals surface area contributed by atoms with Gasteiger partial charge in [0, 0.05) is 48.4 Å². The largest absolute Gasteiger partial charge is 0.335 e. The van der Waals surface area contributed by atoms with Gasteiger partial charge in [0.15, 0.2) is 0 Å². The van der Waals surface area contributed by atoms with Crippen molar-refractivity contribution in [3.05, 3.63) is 67.5 Å². The molecule has 3 aromatic rings. The number of carbonyl (C=O) groups is 1. The second-order valence-electron chi connectivity index (χ2n) is 7.65. The third-order valence-corrected chi connectivity index (χ3v) is 9.20. The Morgan fingerprint density at radius 2 is 1.78 bits per heavy atom. The van der Waals surface area contributed by atoms with E-state index >= 15 is 0 Å². The van der Waals surface area contributed by atoms with Crippen molar-refractivity contribution in [3.63, 3.8) is 0 Å². The fourth-order valence-electron chi connectivity index (χ4n) is 3.81. The molecule has 0 radical (unpaired) electrons. The maximum atomic E-state index is 13.1. The number of non-ortho nitro benzene ring substituents is 1. The standard InChI is InChI=1S/C21H20ClN3O5S2/c1-13-3-6-18(14(2)11-13)32(29,30)24-9-7-23(8-10-24)21(26)20-19(22)16-5-4-15(25(27)28)12-17(16)31-20/h3-6,11-12H,7-10H2,1-2H3. The van der Waals surface area contributed by atoms with E-state index in [9.17, 15) is 23.3 Å². The summed E-state index contributed by atoms with van der Waals surface area (Å²) in [6, 6.07) is 9.52. The third kappa shape index (κ3) is 3.99. The highest BCUT2D eigenvalue weighted by Gasteiger charge is 2.32. The number of fused-ring (bicyclic) bond motifs is 1. The number of rotatable bonds is 4. The SMILES string of the molecule is Cc1ccc(S(=O)(=O)N2CCN(C(=O)c3sc4cc([N+](=O)[O-])ccc4c3Cl)CC2)c(C)c1. The van der Waals surface area contributed by atoms with E-state index in [-0.39, 0.29) is 47.7 Å². The third-order valence-electron chi connectivity index (χ3n) is 5.49. The van der Waals surface area contributed by atoms with E-state index in [1.165, 1.54) is 22.5 Å². The lowest BCUT2D eigenvalue weighted by Crippen LogP contribution is -2.50. The number of amides is 1. The van der Waals surface area contributed by atoms with Crippen molar-refractivity contribution in [1.29, 1.82) is 0 Å². The molecule has 0 bridgehead atoms. The molecule has 2 heterocycles. The number of nitro benzene ring substituents is 1. The minimum Gasteiger partial charge on any atom is -0.335 e. The van der Waals surface area contributed by atoms with Crippen molar-refractivity contribution in [1.82, 2.24) is 9.21 Å². The number of sulfonamides is 1. The van der Waals surface area contributed by atoms with E-state index in [0.717, 1.165) is 16.9 Å². The molecule has 0 atom stereocenters. The van der Waals surface area contributed by atoms with E-state index in [1.54, 1.807) is 24.0 Å². The Morgan fingerprint density at radius 3 is 2.41 bits per heavy atom.